The molecule has 3 heterocycles. The number of hydrogen-bond donors (Lipinski definition) is 1. The molecule has 1 atom stereocenters. The molecule has 0 saturated carbocycles. The van der Waals surface area contributed by atoms with Crippen LogP contribution in [0.4, 0.5) is 5.82 Å². The average Bonchev–Trinajstić information content (AvgIpc) is 3.02. The monoisotopic (exact) mass is 293 g/mol. The Hall–Kier alpha value is -2.43. The third kappa shape index (κ3) is 2.32. The molecule has 0 amide bonds. The Morgan fingerprint density at radius 1 is 1.27 bits per heavy atom. The van der Waals surface area contributed by atoms with Crippen LogP contribution in [0.1, 0.15) is 30.1 Å². The first-order chi connectivity index (χ1) is 10.8. The van der Waals surface area contributed by atoms with Crippen molar-refractivity contribution in [2.75, 3.05) is 18.0 Å². The number of para-hydroxylation sites is 1. The first kappa shape index (κ1) is 13.2. The molecular formula is C17H19N5. The van der Waals surface area contributed by atoms with E-state index in [4.69, 9.17) is 4.98 Å². The van der Waals surface area contributed by atoms with Crippen LogP contribution >= 0.6 is 0 Å². The summed E-state index contributed by atoms with van der Waals surface area (Å²) in [5, 5.41) is 0. The summed E-state index contributed by atoms with van der Waals surface area (Å²) < 4.78 is 0. The summed E-state index contributed by atoms with van der Waals surface area (Å²) in [6.45, 7) is 4.09. The van der Waals surface area contributed by atoms with Crippen LogP contribution in [0, 0.1) is 6.92 Å². The molecule has 4 rings (SSSR count). The normalized spacial score (nSPS) is 18.8. The van der Waals surface area contributed by atoms with Crippen molar-refractivity contribution in [1.82, 2.24) is 19.9 Å². The van der Waals surface area contributed by atoms with Crippen LogP contribution < -0.4 is 4.90 Å². The lowest BCUT2D eigenvalue weighted by Crippen LogP contribution is -2.35. The van der Waals surface area contributed by atoms with E-state index in [1.807, 2.05) is 6.20 Å². The van der Waals surface area contributed by atoms with Gasteiger partial charge in [0, 0.05) is 31.4 Å². The van der Waals surface area contributed by atoms with Crippen molar-refractivity contribution in [2.45, 2.75) is 25.7 Å². The molecule has 5 heteroatoms. The standard InChI is InChI=1S/C17H19N5/c1-12-4-2-6-14-16(12)21-17(20-14)13-5-3-9-22(11-13)15-10-18-7-8-19-15/h2,4,6-8,10,13H,3,5,9,11H2,1H3,(H,20,21)/t13-/m1/s1. The summed E-state index contributed by atoms with van der Waals surface area (Å²) in [7, 11) is 0. The molecule has 0 bridgehead atoms. The summed E-state index contributed by atoms with van der Waals surface area (Å²) >= 11 is 0. The number of aryl methyl sites for hydroxylation is 1. The maximum absolute atomic E-state index is 4.85. The van der Waals surface area contributed by atoms with Crippen LogP contribution in [-0.4, -0.2) is 33.0 Å². The predicted octanol–water partition coefficient (Wildman–Crippen LogP) is 3.05. The molecule has 22 heavy (non-hydrogen) atoms. The molecule has 2 aromatic heterocycles. The van der Waals surface area contributed by atoms with Crippen molar-refractivity contribution in [3.8, 4) is 0 Å². The van der Waals surface area contributed by atoms with Crippen LogP contribution in [0.15, 0.2) is 36.8 Å². The van der Waals surface area contributed by atoms with Crippen LogP contribution in [0.25, 0.3) is 11.0 Å². The van der Waals surface area contributed by atoms with Crippen molar-refractivity contribution in [1.29, 1.82) is 0 Å². The highest BCUT2D eigenvalue weighted by atomic mass is 15.2. The molecule has 1 aliphatic heterocycles. The summed E-state index contributed by atoms with van der Waals surface area (Å²) in [6.07, 6.45) is 7.62. The van der Waals surface area contributed by atoms with Crippen LogP contribution in [0.5, 0.6) is 0 Å². The van der Waals surface area contributed by atoms with E-state index in [0.717, 1.165) is 48.6 Å². The van der Waals surface area contributed by atoms with E-state index in [-0.39, 0.29) is 0 Å². The fraction of sp³-hybridized carbons (Fsp3) is 0.353. The van der Waals surface area contributed by atoms with Gasteiger partial charge in [-0.1, -0.05) is 12.1 Å². The van der Waals surface area contributed by atoms with Gasteiger partial charge in [0.15, 0.2) is 0 Å². The van der Waals surface area contributed by atoms with E-state index >= 15 is 0 Å². The Bertz CT molecular complexity index is 780. The number of nitrogens with zero attached hydrogens (tertiary/aromatic N) is 4. The van der Waals surface area contributed by atoms with E-state index in [1.165, 1.54) is 5.56 Å². The van der Waals surface area contributed by atoms with Gasteiger partial charge in [-0.2, -0.15) is 0 Å². The largest absolute Gasteiger partial charge is 0.355 e. The van der Waals surface area contributed by atoms with Gasteiger partial charge in [0.05, 0.1) is 17.2 Å². The first-order valence-corrected chi connectivity index (χ1v) is 7.77. The van der Waals surface area contributed by atoms with Gasteiger partial charge in [0.1, 0.15) is 11.6 Å². The molecule has 1 N–H and O–H groups in total. The zero-order chi connectivity index (χ0) is 14.9. The van der Waals surface area contributed by atoms with Gasteiger partial charge in [-0.25, -0.2) is 9.97 Å². The highest BCUT2D eigenvalue weighted by Crippen LogP contribution is 2.29. The van der Waals surface area contributed by atoms with Crippen LogP contribution in [-0.2, 0) is 0 Å². The lowest BCUT2D eigenvalue weighted by atomic mass is 9.97. The smallest absolute Gasteiger partial charge is 0.147 e. The van der Waals surface area contributed by atoms with Crippen molar-refractivity contribution in [2.24, 2.45) is 0 Å². The lowest BCUT2D eigenvalue weighted by molar-refractivity contribution is 0.492. The maximum Gasteiger partial charge on any atom is 0.147 e. The number of aromatic amines is 1. The van der Waals surface area contributed by atoms with Gasteiger partial charge in [-0.05, 0) is 31.4 Å². The van der Waals surface area contributed by atoms with E-state index in [2.05, 4.69) is 45.0 Å². The van der Waals surface area contributed by atoms with E-state index in [1.54, 1.807) is 12.4 Å². The Kier molecular flexibility index (Phi) is 3.25. The number of benzene rings is 1. The Labute approximate surface area is 129 Å². The quantitative estimate of drug-likeness (QED) is 0.789. The molecule has 5 nitrogen and oxygen atoms in total. The molecule has 1 aliphatic rings. The number of fused-ring (bicyclic) bond motifs is 1. The number of rotatable bonds is 2. The van der Waals surface area contributed by atoms with E-state index in [9.17, 15) is 0 Å². The van der Waals surface area contributed by atoms with E-state index in [0.29, 0.717) is 5.92 Å². The maximum atomic E-state index is 4.85. The van der Waals surface area contributed by atoms with Crippen molar-refractivity contribution < 1.29 is 0 Å². The minimum atomic E-state index is 0.419. The Balaban J connectivity index is 1.62. The molecule has 1 aromatic carbocycles. The average molecular weight is 293 g/mol. The fourth-order valence-electron chi connectivity index (χ4n) is 3.25. The van der Waals surface area contributed by atoms with Gasteiger partial charge in [-0.3, -0.25) is 4.98 Å². The number of aromatic nitrogens is 4. The zero-order valence-electron chi connectivity index (χ0n) is 12.7. The molecular weight excluding hydrogens is 274 g/mol. The molecule has 0 spiro atoms. The van der Waals surface area contributed by atoms with Crippen molar-refractivity contribution in [3.63, 3.8) is 0 Å². The van der Waals surface area contributed by atoms with Gasteiger partial charge >= 0.3 is 0 Å². The third-order valence-electron chi connectivity index (χ3n) is 4.41. The predicted molar refractivity (Wildman–Crippen MR) is 87.1 cm³/mol. The second kappa shape index (κ2) is 5.40. The highest BCUT2D eigenvalue weighted by molar-refractivity contribution is 5.78. The van der Waals surface area contributed by atoms with Crippen LogP contribution in [0.2, 0.25) is 0 Å². The van der Waals surface area contributed by atoms with Gasteiger partial charge < -0.3 is 9.88 Å². The lowest BCUT2D eigenvalue weighted by Gasteiger charge is -2.32. The summed E-state index contributed by atoms with van der Waals surface area (Å²) in [5.41, 5.74) is 3.45. The SMILES string of the molecule is Cc1cccc2[nH]c([C@@H]3CCCN(c4cnccn4)C3)nc12. The Morgan fingerprint density at radius 2 is 2.23 bits per heavy atom. The highest BCUT2D eigenvalue weighted by Gasteiger charge is 2.24. The zero-order valence-corrected chi connectivity index (χ0v) is 12.7. The Morgan fingerprint density at radius 3 is 3.05 bits per heavy atom. The summed E-state index contributed by atoms with van der Waals surface area (Å²) in [4.78, 5) is 19.3. The van der Waals surface area contributed by atoms with Gasteiger partial charge in [0.2, 0.25) is 0 Å². The molecule has 1 fully saturated rings. The number of piperidine rings is 1. The number of nitrogens with one attached hydrogen (secondary N) is 1. The third-order valence-corrected chi connectivity index (χ3v) is 4.41. The molecule has 112 valence electrons. The van der Waals surface area contributed by atoms with Gasteiger partial charge in [-0.15, -0.1) is 0 Å². The minimum Gasteiger partial charge on any atom is -0.355 e. The van der Waals surface area contributed by atoms with Crippen molar-refractivity contribution >= 4 is 16.9 Å². The minimum absolute atomic E-state index is 0.419. The number of H-pyrrole nitrogens is 1. The molecule has 1 saturated heterocycles. The summed E-state index contributed by atoms with van der Waals surface area (Å²) in [6, 6.07) is 6.29. The first-order valence-electron chi connectivity index (χ1n) is 7.77. The number of imidazole rings is 1. The van der Waals surface area contributed by atoms with Crippen LogP contribution in [0.3, 0.4) is 0 Å². The fourth-order valence-corrected chi connectivity index (χ4v) is 3.25. The molecule has 3 aromatic rings. The number of hydrogen-bond acceptors (Lipinski definition) is 4. The second-order valence-corrected chi connectivity index (χ2v) is 5.94. The van der Waals surface area contributed by atoms with Gasteiger partial charge in [0.25, 0.3) is 0 Å². The second-order valence-electron chi connectivity index (χ2n) is 5.94. The molecule has 0 radical (unpaired) electrons. The topological polar surface area (TPSA) is 57.7 Å². The van der Waals surface area contributed by atoms with Crippen molar-refractivity contribution in [3.05, 3.63) is 48.2 Å². The number of anilines is 1. The van der Waals surface area contributed by atoms with E-state index < -0.39 is 0 Å². The molecule has 0 aliphatic carbocycles. The molecule has 0 unspecified atom stereocenters. The summed E-state index contributed by atoms with van der Waals surface area (Å²) in [5.74, 6) is 2.47.